The van der Waals surface area contributed by atoms with Crippen molar-refractivity contribution in [3.8, 4) is 39.1 Å². The van der Waals surface area contributed by atoms with Crippen LogP contribution in [0.5, 0.6) is 0 Å². The minimum atomic E-state index is -0.353. The van der Waals surface area contributed by atoms with Crippen LogP contribution in [0, 0.1) is 0 Å². The molecule has 4 heteroatoms. The van der Waals surface area contributed by atoms with Crippen LogP contribution < -0.4 is 5.63 Å². The maximum absolute atomic E-state index is 13.7. The van der Waals surface area contributed by atoms with Crippen LogP contribution >= 0.6 is 0 Å². The molecular formula is C52H33NO3. The van der Waals surface area contributed by atoms with Gasteiger partial charge in [0.15, 0.2) is 0 Å². The number of benzene rings is 8. The fraction of sp³-hybridized carbons (Fsp3) is 0.0577. The summed E-state index contributed by atoms with van der Waals surface area (Å²) >= 11 is 0. The van der Waals surface area contributed by atoms with E-state index < -0.39 is 0 Å². The van der Waals surface area contributed by atoms with Crippen LogP contribution in [0.4, 0.5) is 0 Å². The molecule has 1 aliphatic rings. The molecule has 3 heterocycles. The summed E-state index contributed by atoms with van der Waals surface area (Å²) in [6, 6.07) is 57.4. The van der Waals surface area contributed by atoms with E-state index in [9.17, 15) is 4.79 Å². The molecule has 11 aromatic rings. The lowest BCUT2D eigenvalue weighted by molar-refractivity contribution is 0.570. The highest BCUT2D eigenvalue weighted by molar-refractivity contribution is 6.15. The molecule has 0 bridgehead atoms. The first kappa shape index (κ1) is 31.2. The molecule has 0 amide bonds. The monoisotopic (exact) mass is 719 g/mol. The van der Waals surface area contributed by atoms with Crippen LogP contribution in [0.3, 0.4) is 0 Å². The van der Waals surface area contributed by atoms with Crippen LogP contribution in [-0.4, -0.2) is 4.57 Å². The Morgan fingerprint density at radius 3 is 2.04 bits per heavy atom. The number of fused-ring (bicyclic) bond motifs is 12. The smallest absolute Gasteiger partial charge is 0.344 e. The lowest BCUT2D eigenvalue weighted by Crippen LogP contribution is -2.14. The van der Waals surface area contributed by atoms with E-state index in [4.69, 9.17) is 8.83 Å². The molecule has 0 atom stereocenters. The number of nitrogens with zero attached hydrogens (tertiary/aromatic N) is 1. The van der Waals surface area contributed by atoms with E-state index >= 15 is 0 Å². The van der Waals surface area contributed by atoms with E-state index in [1.54, 1.807) is 0 Å². The third-order valence-corrected chi connectivity index (χ3v) is 12.2. The zero-order valence-corrected chi connectivity index (χ0v) is 30.8. The molecule has 0 unspecified atom stereocenters. The van der Waals surface area contributed by atoms with Gasteiger partial charge in [-0.1, -0.05) is 111 Å². The number of rotatable bonds is 3. The van der Waals surface area contributed by atoms with E-state index in [1.165, 1.54) is 38.5 Å². The SMILES string of the molecule is CC1(C)c2ccccc2-c2cc3c4cc(-c5ccc6c(c5)oc(=O)c5cc(-c7cccc8oc9ccccc9c78)ccc56)ccc4n(-c4ccccc4)c3cc21. The van der Waals surface area contributed by atoms with E-state index in [0.717, 1.165) is 66.2 Å². The number of para-hydroxylation sites is 2. The van der Waals surface area contributed by atoms with Crippen molar-refractivity contribution in [2.75, 3.05) is 0 Å². The summed E-state index contributed by atoms with van der Waals surface area (Å²) in [5, 5.41) is 6.82. The second kappa shape index (κ2) is 11.2. The average Bonchev–Trinajstić information content (AvgIpc) is 3.85. The van der Waals surface area contributed by atoms with Crippen molar-refractivity contribution < 1.29 is 8.83 Å². The minimum absolute atomic E-state index is 0.104. The standard InChI is InChI=1S/C52H33NO3/c1-52(2)43-16-8-6-13-36(43)39-28-41-40-25-30(21-24-45(40)53(46(41)29-44(39)52)33-11-4-3-5-12-33)31-19-23-37-35-22-20-32(26-42(35)51(54)56-49(37)27-31)34-15-10-18-48-50(34)38-14-7-9-17-47(38)55-48/h3-29H,1-2H3. The number of hydrogen-bond donors (Lipinski definition) is 0. The predicted octanol–water partition coefficient (Wildman–Crippen LogP) is 13.6. The quantitative estimate of drug-likeness (QED) is 0.135. The van der Waals surface area contributed by atoms with Gasteiger partial charge in [0, 0.05) is 38.0 Å². The summed E-state index contributed by atoms with van der Waals surface area (Å²) in [6.07, 6.45) is 0. The molecule has 0 saturated carbocycles. The Kier molecular flexibility index (Phi) is 6.23. The molecule has 0 spiro atoms. The van der Waals surface area contributed by atoms with Crippen molar-refractivity contribution in [2.24, 2.45) is 0 Å². The summed E-state index contributed by atoms with van der Waals surface area (Å²) in [6.45, 7) is 4.67. The molecule has 3 aromatic heterocycles. The summed E-state index contributed by atoms with van der Waals surface area (Å²) in [4.78, 5) is 13.7. The summed E-state index contributed by atoms with van der Waals surface area (Å²) in [5.41, 5.74) is 14.6. The highest BCUT2D eigenvalue weighted by atomic mass is 16.4. The van der Waals surface area contributed by atoms with Gasteiger partial charge in [-0.25, -0.2) is 4.79 Å². The second-order valence-electron chi connectivity index (χ2n) is 15.6. The summed E-state index contributed by atoms with van der Waals surface area (Å²) < 4.78 is 14.7. The number of hydrogen-bond acceptors (Lipinski definition) is 3. The Morgan fingerprint density at radius 2 is 1.12 bits per heavy atom. The highest BCUT2D eigenvalue weighted by Gasteiger charge is 2.36. The van der Waals surface area contributed by atoms with Gasteiger partial charge in [-0.05, 0) is 117 Å². The maximum atomic E-state index is 13.7. The Hall–Kier alpha value is -7.17. The molecule has 0 aliphatic heterocycles. The van der Waals surface area contributed by atoms with Crippen LogP contribution in [0.1, 0.15) is 25.0 Å². The van der Waals surface area contributed by atoms with Gasteiger partial charge in [-0.2, -0.15) is 0 Å². The molecule has 1 aliphatic carbocycles. The lowest BCUT2D eigenvalue weighted by Gasteiger charge is -2.21. The predicted molar refractivity (Wildman–Crippen MR) is 230 cm³/mol. The lowest BCUT2D eigenvalue weighted by atomic mass is 9.82. The topological polar surface area (TPSA) is 48.3 Å². The van der Waals surface area contributed by atoms with Gasteiger partial charge in [-0.15, -0.1) is 0 Å². The first-order valence-corrected chi connectivity index (χ1v) is 19.1. The summed E-state index contributed by atoms with van der Waals surface area (Å²) in [5.74, 6) is 0. The highest BCUT2D eigenvalue weighted by Crippen LogP contribution is 2.51. The van der Waals surface area contributed by atoms with Gasteiger partial charge in [-0.3, -0.25) is 0 Å². The van der Waals surface area contributed by atoms with E-state index in [0.29, 0.717) is 11.0 Å². The van der Waals surface area contributed by atoms with Gasteiger partial charge < -0.3 is 13.4 Å². The maximum Gasteiger partial charge on any atom is 0.344 e. The molecule has 0 radical (unpaired) electrons. The molecule has 0 fully saturated rings. The van der Waals surface area contributed by atoms with Crippen molar-refractivity contribution in [3.63, 3.8) is 0 Å². The van der Waals surface area contributed by atoms with Crippen LogP contribution in [0.15, 0.2) is 177 Å². The Bertz CT molecular complexity index is 3530. The van der Waals surface area contributed by atoms with Gasteiger partial charge in [0.05, 0.1) is 16.4 Å². The fourth-order valence-electron chi connectivity index (χ4n) is 9.54. The minimum Gasteiger partial charge on any atom is -0.456 e. The van der Waals surface area contributed by atoms with Gasteiger partial charge >= 0.3 is 5.63 Å². The number of aromatic nitrogens is 1. The van der Waals surface area contributed by atoms with E-state index in [1.807, 2.05) is 48.5 Å². The van der Waals surface area contributed by atoms with Crippen molar-refractivity contribution in [1.29, 1.82) is 0 Å². The molecule has 8 aromatic carbocycles. The van der Waals surface area contributed by atoms with E-state index in [-0.39, 0.29) is 11.0 Å². The fourth-order valence-corrected chi connectivity index (χ4v) is 9.54. The average molecular weight is 720 g/mol. The summed E-state index contributed by atoms with van der Waals surface area (Å²) in [7, 11) is 0. The largest absolute Gasteiger partial charge is 0.456 e. The molecule has 56 heavy (non-hydrogen) atoms. The molecule has 4 nitrogen and oxygen atoms in total. The van der Waals surface area contributed by atoms with Crippen molar-refractivity contribution in [2.45, 2.75) is 19.3 Å². The molecule has 0 saturated heterocycles. The van der Waals surface area contributed by atoms with Crippen LogP contribution in [-0.2, 0) is 5.41 Å². The molecule has 12 rings (SSSR count). The Labute approximate surface area is 321 Å². The second-order valence-corrected chi connectivity index (χ2v) is 15.6. The van der Waals surface area contributed by atoms with Crippen molar-refractivity contribution in [3.05, 3.63) is 185 Å². The molecular weight excluding hydrogens is 687 g/mol. The molecule has 0 N–H and O–H groups in total. The first-order chi connectivity index (χ1) is 27.4. The van der Waals surface area contributed by atoms with Gasteiger partial charge in [0.2, 0.25) is 0 Å². The Balaban J connectivity index is 1.02. The Morgan fingerprint density at radius 1 is 0.429 bits per heavy atom. The van der Waals surface area contributed by atoms with Gasteiger partial charge in [0.25, 0.3) is 0 Å². The van der Waals surface area contributed by atoms with Crippen molar-refractivity contribution in [1.82, 2.24) is 4.57 Å². The number of furan rings is 1. The first-order valence-electron chi connectivity index (χ1n) is 19.1. The third kappa shape index (κ3) is 4.27. The van der Waals surface area contributed by atoms with Crippen molar-refractivity contribution >= 4 is 65.5 Å². The third-order valence-electron chi connectivity index (χ3n) is 12.2. The molecule has 264 valence electrons. The normalized spacial score (nSPS) is 13.4. The zero-order chi connectivity index (χ0) is 37.3. The van der Waals surface area contributed by atoms with Gasteiger partial charge in [0.1, 0.15) is 16.7 Å². The van der Waals surface area contributed by atoms with E-state index in [2.05, 4.69) is 134 Å². The van der Waals surface area contributed by atoms with Crippen LogP contribution in [0.2, 0.25) is 0 Å². The van der Waals surface area contributed by atoms with Crippen LogP contribution in [0.25, 0.3) is 105 Å². The zero-order valence-electron chi connectivity index (χ0n) is 30.8.